The van der Waals surface area contributed by atoms with Crippen LogP contribution < -0.4 is 15.4 Å². The van der Waals surface area contributed by atoms with E-state index in [2.05, 4.69) is 15.4 Å². The highest BCUT2D eigenvalue weighted by molar-refractivity contribution is 7.88. The van der Waals surface area contributed by atoms with Crippen molar-refractivity contribution in [3.05, 3.63) is 95.1 Å². The van der Waals surface area contributed by atoms with Gasteiger partial charge in [-0.2, -0.15) is 0 Å². The fourth-order valence-electron chi connectivity index (χ4n) is 4.30. The van der Waals surface area contributed by atoms with Gasteiger partial charge in [0.05, 0.1) is 35.4 Å². The third-order valence-electron chi connectivity index (χ3n) is 6.12. The van der Waals surface area contributed by atoms with Crippen molar-refractivity contribution in [3.8, 4) is 0 Å². The second kappa shape index (κ2) is 12.2. The van der Waals surface area contributed by atoms with Gasteiger partial charge in [0.2, 0.25) is 10.0 Å². The van der Waals surface area contributed by atoms with Crippen molar-refractivity contribution in [2.45, 2.75) is 13.5 Å². The van der Waals surface area contributed by atoms with E-state index in [1.165, 1.54) is 0 Å². The Balaban J connectivity index is 1.58. The van der Waals surface area contributed by atoms with Crippen molar-refractivity contribution < 1.29 is 22.7 Å². The molecule has 39 heavy (non-hydrogen) atoms. The number of esters is 1. The van der Waals surface area contributed by atoms with E-state index in [-0.39, 0.29) is 12.5 Å². The first kappa shape index (κ1) is 28.0. The van der Waals surface area contributed by atoms with Crippen LogP contribution in [0.3, 0.4) is 0 Å². The summed E-state index contributed by atoms with van der Waals surface area (Å²) in [7, 11) is -1.28. The molecule has 0 atom stereocenters. The SMILES string of the molecule is CCOC(=O)c1ccc2c(c1)NC(=O)/C2=C(\Nc1ccc(CN(C)CCNS(C)(=O)=O)cc1)c1ccccc1. The van der Waals surface area contributed by atoms with Crippen molar-refractivity contribution >= 4 is 44.5 Å². The van der Waals surface area contributed by atoms with Gasteiger partial charge in [0.25, 0.3) is 5.91 Å². The number of nitrogens with one attached hydrogen (secondary N) is 3. The fraction of sp³-hybridized carbons (Fsp3) is 0.241. The zero-order chi connectivity index (χ0) is 28.0. The summed E-state index contributed by atoms with van der Waals surface area (Å²) in [5.41, 5.74) is 5.45. The molecule has 1 aliphatic heterocycles. The number of fused-ring (bicyclic) bond motifs is 1. The summed E-state index contributed by atoms with van der Waals surface area (Å²) >= 11 is 0. The number of carbonyl (C=O) groups excluding carboxylic acids is 2. The molecule has 10 heteroatoms. The smallest absolute Gasteiger partial charge is 0.338 e. The highest BCUT2D eigenvalue weighted by atomic mass is 32.2. The number of carbonyl (C=O) groups is 2. The first-order valence-corrected chi connectivity index (χ1v) is 14.5. The number of ether oxygens (including phenoxy) is 1. The Morgan fingerprint density at radius 1 is 1.00 bits per heavy atom. The summed E-state index contributed by atoms with van der Waals surface area (Å²) < 4.78 is 30.1. The molecule has 0 unspecified atom stereocenters. The summed E-state index contributed by atoms with van der Waals surface area (Å²) in [6, 6.07) is 22.5. The van der Waals surface area contributed by atoms with Crippen molar-refractivity contribution in [2.24, 2.45) is 0 Å². The Hall–Kier alpha value is -3.99. The number of hydrogen-bond acceptors (Lipinski definition) is 7. The second-order valence-electron chi connectivity index (χ2n) is 9.28. The Labute approximate surface area is 228 Å². The van der Waals surface area contributed by atoms with E-state index in [4.69, 9.17) is 4.74 Å². The Kier molecular flexibility index (Phi) is 8.80. The molecule has 1 aliphatic rings. The van der Waals surface area contributed by atoms with Crippen molar-refractivity contribution in [1.82, 2.24) is 9.62 Å². The number of nitrogens with zero attached hydrogens (tertiary/aromatic N) is 1. The van der Waals surface area contributed by atoms with Crippen molar-refractivity contribution in [3.63, 3.8) is 0 Å². The standard InChI is InChI=1S/C29H32N4O5S/c1-4-38-29(35)22-12-15-24-25(18-22)32-28(34)26(24)27(21-8-6-5-7-9-21)31-23-13-10-20(11-14-23)19-33(2)17-16-30-39(3,36)37/h5-15,18,30-31H,4,16-17,19H2,1-3H3,(H,32,34)/b27-26-. The minimum Gasteiger partial charge on any atom is -0.462 e. The molecule has 3 aromatic carbocycles. The second-order valence-corrected chi connectivity index (χ2v) is 11.1. The summed E-state index contributed by atoms with van der Waals surface area (Å²) in [5.74, 6) is -0.705. The lowest BCUT2D eigenvalue weighted by Crippen LogP contribution is -2.32. The van der Waals surface area contributed by atoms with Crippen LogP contribution in [0, 0.1) is 0 Å². The van der Waals surface area contributed by atoms with Crippen LogP contribution in [0.25, 0.3) is 11.3 Å². The molecule has 9 nitrogen and oxygen atoms in total. The molecule has 0 radical (unpaired) electrons. The van der Waals surface area contributed by atoms with E-state index in [1.807, 2.05) is 66.5 Å². The first-order chi connectivity index (χ1) is 18.6. The van der Waals surface area contributed by atoms with Gasteiger partial charge < -0.3 is 20.3 Å². The predicted molar refractivity (Wildman–Crippen MR) is 154 cm³/mol. The van der Waals surface area contributed by atoms with Gasteiger partial charge in [0.15, 0.2) is 0 Å². The number of likely N-dealkylation sites (N-methyl/N-ethyl adjacent to an activating group) is 1. The van der Waals surface area contributed by atoms with E-state index < -0.39 is 16.0 Å². The summed E-state index contributed by atoms with van der Waals surface area (Å²) in [6.45, 7) is 3.58. The monoisotopic (exact) mass is 548 g/mol. The largest absolute Gasteiger partial charge is 0.462 e. The lowest BCUT2D eigenvalue weighted by atomic mass is 9.99. The van der Waals surface area contributed by atoms with Crippen molar-refractivity contribution in [1.29, 1.82) is 0 Å². The molecule has 1 amide bonds. The predicted octanol–water partition coefficient (Wildman–Crippen LogP) is 3.78. The number of amides is 1. The minimum absolute atomic E-state index is 0.265. The third-order valence-corrected chi connectivity index (χ3v) is 6.85. The zero-order valence-electron chi connectivity index (χ0n) is 22.2. The van der Waals surface area contributed by atoms with Gasteiger partial charge in [-0.25, -0.2) is 17.9 Å². The molecule has 204 valence electrons. The van der Waals surface area contributed by atoms with E-state index in [0.29, 0.717) is 47.7 Å². The van der Waals surface area contributed by atoms with Crippen LogP contribution in [-0.4, -0.2) is 58.2 Å². The number of anilines is 2. The normalized spacial score (nSPS) is 14.1. The van der Waals surface area contributed by atoms with Gasteiger partial charge in [-0.1, -0.05) is 48.5 Å². The van der Waals surface area contributed by atoms with Gasteiger partial charge in [0.1, 0.15) is 0 Å². The highest BCUT2D eigenvalue weighted by Gasteiger charge is 2.29. The number of sulfonamides is 1. The first-order valence-electron chi connectivity index (χ1n) is 12.6. The molecular formula is C29H32N4O5S. The van der Waals surface area contributed by atoms with Crippen LogP contribution in [0.4, 0.5) is 11.4 Å². The number of hydrogen-bond donors (Lipinski definition) is 3. The van der Waals surface area contributed by atoms with Gasteiger partial charge >= 0.3 is 5.97 Å². The highest BCUT2D eigenvalue weighted by Crippen LogP contribution is 2.38. The van der Waals surface area contributed by atoms with Crippen LogP contribution in [-0.2, 0) is 26.1 Å². The van der Waals surface area contributed by atoms with Crippen LogP contribution in [0.1, 0.15) is 34.0 Å². The van der Waals surface area contributed by atoms with E-state index >= 15 is 0 Å². The fourth-order valence-corrected chi connectivity index (χ4v) is 4.76. The molecule has 3 N–H and O–H groups in total. The van der Waals surface area contributed by atoms with Gasteiger partial charge in [-0.05, 0) is 49.4 Å². The lowest BCUT2D eigenvalue weighted by Gasteiger charge is -2.18. The number of rotatable bonds is 11. The lowest BCUT2D eigenvalue weighted by molar-refractivity contribution is -0.110. The quantitative estimate of drug-likeness (QED) is 0.247. The maximum absolute atomic E-state index is 13.2. The molecule has 0 saturated heterocycles. The molecule has 0 saturated carbocycles. The molecule has 0 aliphatic carbocycles. The van der Waals surface area contributed by atoms with E-state index in [1.54, 1.807) is 25.1 Å². The molecule has 1 heterocycles. The summed E-state index contributed by atoms with van der Waals surface area (Å²) in [5, 5.41) is 6.32. The number of benzene rings is 3. The van der Waals surface area contributed by atoms with E-state index in [9.17, 15) is 18.0 Å². The maximum Gasteiger partial charge on any atom is 0.338 e. The molecule has 0 aromatic heterocycles. The molecule has 0 fully saturated rings. The molecule has 0 bridgehead atoms. The molecule has 0 spiro atoms. The molecule has 4 rings (SSSR count). The van der Waals surface area contributed by atoms with Crippen LogP contribution in [0.5, 0.6) is 0 Å². The Bertz CT molecular complexity index is 1490. The van der Waals surface area contributed by atoms with Gasteiger partial charge in [0, 0.05) is 30.9 Å². The third kappa shape index (κ3) is 7.32. The average molecular weight is 549 g/mol. The maximum atomic E-state index is 13.2. The van der Waals surface area contributed by atoms with Crippen LogP contribution in [0.15, 0.2) is 72.8 Å². The average Bonchev–Trinajstić information content (AvgIpc) is 3.22. The topological polar surface area (TPSA) is 117 Å². The van der Waals surface area contributed by atoms with E-state index in [0.717, 1.165) is 23.1 Å². The van der Waals surface area contributed by atoms with Crippen LogP contribution in [0.2, 0.25) is 0 Å². The van der Waals surface area contributed by atoms with Crippen molar-refractivity contribution in [2.75, 3.05) is 43.6 Å². The summed E-state index contributed by atoms with van der Waals surface area (Å²) in [4.78, 5) is 27.4. The molecule has 3 aromatic rings. The van der Waals surface area contributed by atoms with Gasteiger partial charge in [-0.15, -0.1) is 0 Å². The molecular weight excluding hydrogens is 516 g/mol. The summed E-state index contributed by atoms with van der Waals surface area (Å²) in [6.07, 6.45) is 1.15. The zero-order valence-corrected chi connectivity index (χ0v) is 23.0. The van der Waals surface area contributed by atoms with Gasteiger partial charge in [-0.3, -0.25) is 4.79 Å². The Morgan fingerprint density at radius 2 is 1.72 bits per heavy atom. The Morgan fingerprint density at radius 3 is 2.38 bits per heavy atom. The van der Waals surface area contributed by atoms with Crippen LogP contribution >= 0.6 is 0 Å². The minimum atomic E-state index is -3.21.